The number of carboxylic acid groups (broad SMARTS) is 1. The van der Waals surface area contributed by atoms with Crippen molar-refractivity contribution in [1.82, 2.24) is 4.98 Å². The molecule has 4 nitrogen and oxygen atoms in total. The molecule has 0 unspecified atom stereocenters. The number of hydrogen-bond acceptors (Lipinski definition) is 3. The highest BCUT2D eigenvalue weighted by atomic mass is 19.1. The molecule has 0 aliphatic carbocycles. The van der Waals surface area contributed by atoms with Gasteiger partial charge in [-0.3, -0.25) is 0 Å². The molecule has 0 bridgehead atoms. The minimum atomic E-state index is -1.51. The molecule has 0 saturated carbocycles. The number of carbonyl (C=O) groups is 1. The van der Waals surface area contributed by atoms with Crippen LogP contribution in [0.4, 0.5) is 9.18 Å². The summed E-state index contributed by atoms with van der Waals surface area (Å²) in [5, 5.41) is 8.07. The maximum absolute atomic E-state index is 12.2. The predicted molar refractivity (Wildman–Crippen MR) is 32.8 cm³/mol. The van der Waals surface area contributed by atoms with Crippen molar-refractivity contribution in [3.63, 3.8) is 0 Å². The second-order valence-electron chi connectivity index (χ2n) is 1.67. The van der Waals surface area contributed by atoms with E-state index in [1.807, 2.05) is 0 Å². The van der Waals surface area contributed by atoms with Crippen LogP contribution in [0, 0.1) is 5.95 Å². The molecule has 0 fully saturated rings. The molecule has 1 aromatic rings. The molecule has 0 radical (unpaired) electrons. The number of nitrogens with zero attached hydrogens (tertiary/aromatic N) is 1. The fourth-order valence-corrected chi connectivity index (χ4v) is 0.536. The normalized spacial score (nSPS) is 9.18. The summed E-state index contributed by atoms with van der Waals surface area (Å²) >= 11 is 0. The van der Waals surface area contributed by atoms with E-state index in [0.29, 0.717) is 0 Å². The van der Waals surface area contributed by atoms with E-state index in [4.69, 9.17) is 5.11 Å². The first-order chi connectivity index (χ1) is 5.18. The summed E-state index contributed by atoms with van der Waals surface area (Å²) in [6, 6.07) is 3.65. The third kappa shape index (κ3) is 2.21. The maximum Gasteiger partial charge on any atom is 0.512 e. The molecule has 58 valence electrons. The van der Waals surface area contributed by atoms with Crippen molar-refractivity contribution in [2.75, 3.05) is 0 Å². The van der Waals surface area contributed by atoms with Crippen LogP contribution >= 0.6 is 0 Å². The molecule has 1 heterocycles. The molecule has 0 atom stereocenters. The van der Waals surface area contributed by atoms with Gasteiger partial charge in [-0.2, -0.15) is 9.37 Å². The van der Waals surface area contributed by atoms with Crippen LogP contribution in [0.3, 0.4) is 0 Å². The molecule has 1 rings (SSSR count). The molecule has 1 aromatic heterocycles. The average Bonchev–Trinajstić information content (AvgIpc) is 1.85. The van der Waals surface area contributed by atoms with Gasteiger partial charge in [0, 0.05) is 6.07 Å². The van der Waals surface area contributed by atoms with Crippen LogP contribution in [0.15, 0.2) is 18.2 Å². The molecule has 0 aliphatic heterocycles. The van der Waals surface area contributed by atoms with Gasteiger partial charge in [0.25, 0.3) is 0 Å². The number of hydrogen-bond donors (Lipinski definition) is 1. The molecule has 0 aromatic carbocycles. The Labute approximate surface area is 61.3 Å². The third-order valence-corrected chi connectivity index (χ3v) is 0.881. The van der Waals surface area contributed by atoms with Crippen molar-refractivity contribution in [3.05, 3.63) is 24.1 Å². The SMILES string of the molecule is O=C(O)Oc1cccc(F)n1. The lowest BCUT2D eigenvalue weighted by Crippen LogP contribution is -2.04. The van der Waals surface area contributed by atoms with Gasteiger partial charge in [0.2, 0.25) is 11.8 Å². The zero-order chi connectivity index (χ0) is 8.27. The van der Waals surface area contributed by atoms with Crippen molar-refractivity contribution in [3.8, 4) is 5.88 Å². The minimum Gasteiger partial charge on any atom is -0.449 e. The molecular weight excluding hydrogens is 153 g/mol. The van der Waals surface area contributed by atoms with Crippen LogP contribution in [0.2, 0.25) is 0 Å². The van der Waals surface area contributed by atoms with Crippen LogP contribution in [0.1, 0.15) is 0 Å². The number of rotatable bonds is 1. The Morgan fingerprint density at radius 2 is 2.36 bits per heavy atom. The first-order valence-corrected chi connectivity index (χ1v) is 2.72. The Bertz CT molecular complexity index is 276. The highest BCUT2D eigenvalue weighted by molar-refractivity contribution is 5.60. The van der Waals surface area contributed by atoms with Crippen LogP contribution in [0.5, 0.6) is 5.88 Å². The number of aromatic nitrogens is 1. The smallest absolute Gasteiger partial charge is 0.449 e. The van der Waals surface area contributed by atoms with Gasteiger partial charge in [-0.05, 0) is 6.07 Å². The van der Waals surface area contributed by atoms with Crippen LogP contribution in [-0.4, -0.2) is 16.2 Å². The van der Waals surface area contributed by atoms with Gasteiger partial charge >= 0.3 is 6.16 Å². The first kappa shape index (κ1) is 7.46. The second-order valence-corrected chi connectivity index (χ2v) is 1.67. The lowest BCUT2D eigenvalue weighted by atomic mass is 10.5. The molecular formula is C6H4FNO3. The van der Waals surface area contributed by atoms with E-state index in [1.165, 1.54) is 12.1 Å². The lowest BCUT2D eigenvalue weighted by molar-refractivity contribution is 0.142. The van der Waals surface area contributed by atoms with E-state index in [9.17, 15) is 9.18 Å². The van der Waals surface area contributed by atoms with E-state index >= 15 is 0 Å². The fraction of sp³-hybridized carbons (Fsp3) is 0. The van der Waals surface area contributed by atoms with Crippen molar-refractivity contribution in [1.29, 1.82) is 0 Å². The standard InChI is InChI=1S/C6H4FNO3/c7-4-2-1-3-5(8-4)11-6(9)10/h1-3H,(H,9,10). The van der Waals surface area contributed by atoms with E-state index in [0.717, 1.165) is 6.07 Å². The summed E-state index contributed by atoms with van der Waals surface area (Å²) < 4.78 is 16.3. The zero-order valence-electron chi connectivity index (χ0n) is 5.32. The predicted octanol–water partition coefficient (Wildman–Crippen LogP) is 1.28. The quantitative estimate of drug-likeness (QED) is 0.492. The van der Waals surface area contributed by atoms with Crippen LogP contribution < -0.4 is 4.74 Å². The molecule has 1 N–H and O–H groups in total. The van der Waals surface area contributed by atoms with E-state index in [2.05, 4.69) is 9.72 Å². The monoisotopic (exact) mass is 157 g/mol. The summed E-state index contributed by atoms with van der Waals surface area (Å²) in [5.41, 5.74) is 0. The Morgan fingerprint density at radius 3 is 2.91 bits per heavy atom. The lowest BCUT2D eigenvalue weighted by Gasteiger charge is -1.95. The maximum atomic E-state index is 12.2. The van der Waals surface area contributed by atoms with E-state index in [-0.39, 0.29) is 5.88 Å². The minimum absolute atomic E-state index is 0.266. The van der Waals surface area contributed by atoms with Gasteiger partial charge in [-0.25, -0.2) is 4.79 Å². The Hall–Kier alpha value is -1.65. The van der Waals surface area contributed by atoms with Gasteiger partial charge in [0.15, 0.2) is 0 Å². The fourth-order valence-electron chi connectivity index (χ4n) is 0.536. The number of ether oxygens (including phenoxy) is 1. The van der Waals surface area contributed by atoms with E-state index < -0.39 is 12.1 Å². The van der Waals surface area contributed by atoms with Crippen LogP contribution in [-0.2, 0) is 0 Å². The van der Waals surface area contributed by atoms with Gasteiger partial charge in [0.1, 0.15) is 0 Å². The van der Waals surface area contributed by atoms with Gasteiger partial charge in [-0.1, -0.05) is 6.07 Å². The summed E-state index contributed by atoms with van der Waals surface area (Å²) in [4.78, 5) is 13.0. The van der Waals surface area contributed by atoms with Crippen molar-refractivity contribution in [2.45, 2.75) is 0 Å². The average molecular weight is 157 g/mol. The number of halogens is 1. The molecule has 0 spiro atoms. The zero-order valence-corrected chi connectivity index (χ0v) is 5.32. The third-order valence-electron chi connectivity index (χ3n) is 0.881. The molecule has 0 aliphatic rings. The first-order valence-electron chi connectivity index (χ1n) is 2.72. The highest BCUT2D eigenvalue weighted by Crippen LogP contribution is 2.05. The molecule has 11 heavy (non-hydrogen) atoms. The Kier molecular flexibility index (Phi) is 2.00. The Balaban J connectivity index is 2.79. The van der Waals surface area contributed by atoms with Crippen molar-refractivity contribution < 1.29 is 19.0 Å². The summed E-state index contributed by atoms with van der Waals surface area (Å²) in [6.07, 6.45) is -1.51. The molecule has 5 heteroatoms. The summed E-state index contributed by atoms with van der Waals surface area (Å²) in [7, 11) is 0. The van der Waals surface area contributed by atoms with Gasteiger partial charge in [-0.15, -0.1) is 0 Å². The number of pyridine rings is 1. The van der Waals surface area contributed by atoms with Gasteiger partial charge in [0.05, 0.1) is 0 Å². The molecule has 0 amide bonds. The highest BCUT2D eigenvalue weighted by Gasteiger charge is 2.01. The summed E-state index contributed by atoms with van der Waals surface area (Å²) in [6.45, 7) is 0. The van der Waals surface area contributed by atoms with Crippen molar-refractivity contribution >= 4 is 6.16 Å². The topological polar surface area (TPSA) is 59.4 Å². The largest absolute Gasteiger partial charge is 0.512 e. The van der Waals surface area contributed by atoms with Gasteiger partial charge < -0.3 is 9.84 Å². The van der Waals surface area contributed by atoms with E-state index in [1.54, 1.807) is 0 Å². The molecule has 0 saturated heterocycles. The Morgan fingerprint density at radius 1 is 1.64 bits per heavy atom. The second kappa shape index (κ2) is 2.96. The van der Waals surface area contributed by atoms with Crippen molar-refractivity contribution in [2.24, 2.45) is 0 Å². The van der Waals surface area contributed by atoms with Crippen LogP contribution in [0.25, 0.3) is 0 Å². The summed E-state index contributed by atoms with van der Waals surface area (Å²) in [5.74, 6) is -1.04.